The maximum Gasteiger partial charge on any atom is 0.227 e. The lowest BCUT2D eigenvalue weighted by atomic mass is 9.77. The Morgan fingerprint density at radius 3 is 2.93 bits per heavy atom. The van der Waals surface area contributed by atoms with Crippen molar-refractivity contribution in [1.82, 2.24) is 10.6 Å². The third kappa shape index (κ3) is 2.45. The van der Waals surface area contributed by atoms with Crippen LogP contribution in [0.2, 0.25) is 0 Å². The zero-order chi connectivity index (χ0) is 10.4. The molecule has 1 heterocycles. The van der Waals surface area contributed by atoms with Crippen molar-refractivity contribution in [2.75, 3.05) is 26.2 Å². The third-order valence-corrected chi connectivity index (χ3v) is 3.03. The molecule has 0 bridgehead atoms. The fourth-order valence-corrected chi connectivity index (χ4v) is 1.98. The van der Waals surface area contributed by atoms with Crippen LogP contribution in [0.15, 0.2) is 0 Å². The number of hydrogen-bond acceptors (Lipinski definition) is 3. The van der Waals surface area contributed by atoms with E-state index in [2.05, 4.69) is 10.6 Å². The molecule has 1 aliphatic heterocycles. The quantitative estimate of drug-likeness (QED) is 0.592. The van der Waals surface area contributed by atoms with Gasteiger partial charge in [0.1, 0.15) is 0 Å². The molecule has 3 N–H and O–H groups in total. The summed E-state index contributed by atoms with van der Waals surface area (Å²) in [5.74, 6) is 0.0845. The number of aliphatic hydroxyl groups is 1. The van der Waals surface area contributed by atoms with Gasteiger partial charge in [-0.2, -0.15) is 0 Å². The van der Waals surface area contributed by atoms with Crippen molar-refractivity contribution in [3.05, 3.63) is 0 Å². The Kier molecular flexibility index (Phi) is 4.35. The second-order valence-corrected chi connectivity index (χ2v) is 3.89. The first-order chi connectivity index (χ1) is 6.75. The molecule has 1 atom stereocenters. The molecule has 0 radical (unpaired) electrons. The topological polar surface area (TPSA) is 61.4 Å². The molecule has 1 saturated heterocycles. The number of amides is 1. The van der Waals surface area contributed by atoms with Crippen LogP contribution in [0.1, 0.15) is 26.2 Å². The second kappa shape index (κ2) is 5.32. The van der Waals surface area contributed by atoms with E-state index >= 15 is 0 Å². The van der Waals surface area contributed by atoms with E-state index in [0.717, 1.165) is 32.4 Å². The van der Waals surface area contributed by atoms with Gasteiger partial charge in [-0.3, -0.25) is 4.79 Å². The van der Waals surface area contributed by atoms with Crippen molar-refractivity contribution in [1.29, 1.82) is 0 Å². The molecule has 1 aliphatic rings. The highest BCUT2D eigenvalue weighted by atomic mass is 16.3. The summed E-state index contributed by atoms with van der Waals surface area (Å²) in [6.45, 7) is 4.20. The van der Waals surface area contributed by atoms with E-state index in [-0.39, 0.29) is 17.9 Å². The smallest absolute Gasteiger partial charge is 0.227 e. The van der Waals surface area contributed by atoms with Gasteiger partial charge in [-0.15, -0.1) is 0 Å². The number of rotatable bonds is 4. The monoisotopic (exact) mass is 200 g/mol. The van der Waals surface area contributed by atoms with Crippen molar-refractivity contribution >= 4 is 5.91 Å². The average molecular weight is 200 g/mol. The van der Waals surface area contributed by atoms with Crippen LogP contribution < -0.4 is 10.6 Å². The molecule has 0 spiro atoms. The zero-order valence-corrected chi connectivity index (χ0v) is 8.81. The molecule has 82 valence electrons. The Labute approximate surface area is 85.1 Å². The Morgan fingerprint density at radius 2 is 2.43 bits per heavy atom. The lowest BCUT2D eigenvalue weighted by Gasteiger charge is -2.35. The van der Waals surface area contributed by atoms with Crippen LogP contribution in [0.3, 0.4) is 0 Å². The van der Waals surface area contributed by atoms with Gasteiger partial charge in [-0.25, -0.2) is 0 Å². The van der Waals surface area contributed by atoms with Gasteiger partial charge in [-0.1, -0.05) is 6.92 Å². The maximum absolute atomic E-state index is 11.8. The van der Waals surface area contributed by atoms with E-state index in [9.17, 15) is 4.79 Å². The molecule has 0 aromatic heterocycles. The summed E-state index contributed by atoms with van der Waals surface area (Å²) in [6.07, 6.45) is 2.87. The fraction of sp³-hybridized carbons (Fsp3) is 0.900. The minimum absolute atomic E-state index is 0.0129. The molecule has 14 heavy (non-hydrogen) atoms. The van der Waals surface area contributed by atoms with Crippen LogP contribution in [0, 0.1) is 5.41 Å². The van der Waals surface area contributed by atoms with Gasteiger partial charge in [0, 0.05) is 13.1 Å². The summed E-state index contributed by atoms with van der Waals surface area (Å²) in [6, 6.07) is 0. The van der Waals surface area contributed by atoms with Crippen molar-refractivity contribution in [2.24, 2.45) is 5.41 Å². The molecule has 1 unspecified atom stereocenters. The predicted octanol–water partition coefficient (Wildman–Crippen LogP) is -0.125. The third-order valence-electron chi connectivity index (χ3n) is 3.03. The second-order valence-electron chi connectivity index (χ2n) is 3.89. The molecular weight excluding hydrogens is 180 g/mol. The van der Waals surface area contributed by atoms with Gasteiger partial charge < -0.3 is 15.7 Å². The molecule has 1 amide bonds. The van der Waals surface area contributed by atoms with Crippen LogP contribution in [0.25, 0.3) is 0 Å². The number of aliphatic hydroxyl groups excluding tert-OH is 1. The molecule has 0 aromatic rings. The highest BCUT2D eigenvalue weighted by Gasteiger charge is 2.37. The van der Waals surface area contributed by atoms with E-state index in [1.807, 2.05) is 6.92 Å². The van der Waals surface area contributed by atoms with Gasteiger partial charge in [-0.05, 0) is 25.8 Å². The Morgan fingerprint density at radius 1 is 1.64 bits per heavy atom. The zero-order valence-electron chi connectivity index (χ0n) is 8.81. The largest absolute Gasteiger partial charge is 0.395 e. The normalized spacial score (nSPS) is 27.3. The number of nitrogens with one attached hydrogen (secondary N) is 2. The average Bonchev–Trinajstić information content (AvgIpc) is 2.26. The summed E-state index contributed by atoms with van der Waals surface area (Å²) in [4.78, 5) is 11.8. The van der Waals surface area contributed by atoms with E-state index < -0.39 is 0 Å². The predicted molar refractivity (Wildman–Crippen MR) is 54.9 cm³/mol. The molecule has 4 heteroatoms. The first-order valence-electron chi connectivity index (χ1n) is 5.35. The molecule has 0 aliphatic carbocycles. The van der Waals surface area contributed by atoms with Gasteiger partial charge in [0.25, 0.3) is 0 Å². The number of carbonyl (C=O) groups is 1. The summed E-state index contributed by atoms with van der Waals surface area (Å²) < 4.78 is 0. The maximum atomic E-state index is 11.8. The van der Waals surface area contributed by atoms with Crippen LogP contribution in [-0.2, 0) is 4.79 Å². The van der Waals surface area contributed by atoms with Crippen LogP contribution in [-0.4, -0.2) is 37.3 Å². The SMILES string of the molecule is CCC1(C(=O)NCCO)CCCNC1. The van der Waals surface area contributed by atoms with E-state index in [4.69, 9.17) is 5.11 Å². The molecule has 1 rings (SSSR count). The van der Waals surface area contributed by atoms with Crippen molar-refractivity contribution in [3.8, 4) is 0 Å². The van der Waals surface area contributed by atoms with Crippen LogP contribution in [0.4, 0.5) is 0 Å². The van der Waals surface area contributed by atoms with Gasteiger partial charge in [0.2, 0.25) is 5.91 Å². The minimum atomic E-state index is -0.243. The van der Waals surface area contributed by atoms with Gasteiger partial charge in [0.05, 0.1) is 12.0 Å². The first kappa shape index (κ1) is 11.5. The summed E-state index contributed by atoms with van der Waals surface area (Å²) in [7, 11) is 0. The lowest BCUT2D eigenvalue weighted by molar-refractivity contribution is -0.132. The number of hydrogen-bond donors (Lipinski definition) is 3. The molecule has 1 fully saturated rings. The fourth-order valence-electron chi connectivity index (χ4n) is 1.98. The van der Waals surface area contributed by atoms with Crippen molar-refractivity contribution in [3.63, 3.8) is 0 Å². The Hall–Kier alpha value is -0.610. The van der Waals surface area contributed by atoms with Crippen LogP contribution in [0.5, 0.6) is 0 Å². The summed E-state index contributed by atoms with van der Waals surface area (Å²) in [5.41, 5.74) is -0.243. The Bertz CT molecular complexity index is 189. The summed E-state index contributed by atoms with van der Waals surface area (Å²) >= 11 is 0. The van der Waals surface area contributed by atoms with E-state index in [1.165, 1.54) is 0 Å². The van der Waals surface area contributed by atoms with Crippen molar-refractivity contribution in [2.45, 2.75) is 26.2 Å². The first-order valence-corrected chi connectivity index (χ1v) is 5.35. The van der Waals surface area contributed by atoms with Crippen molar-refractivity contribution < 1.29 is 9.90 Å². The van der Waals surface area contributed by atoms with Gasteiger partial charge in [0.15, 0.2) is 0 Å². The summed E-state index contributed by atoms with van der Waals surface area (Å²) in [5, 5.41) is 14.7. The minimum Gasteiger partial charge on any atom is -0.395 e. The highest BCUT2D eigenvalue weighted by Crippen LogP contribution is 2.29. The van der Waals surface area contributed by atoms with Crippen LogP contribution >= 0.6 is 0 Å². The van der Waals surface area contributed by atoms with Gasteiger partial charge >= 0.3 is 0 Å². The standard InChI is InChI=1S/C10H20N2O2/c1-2-10(4-3-5-11-8-10)9(14)12-6-7-13/h11,13H,2-8H2,1H3,(H,12,14). The number of piperidine rings is 1. The molecule has 0 aromatic carbocycles. The van der Waals surface area contributed by atoms with E-state index in [1.54, 1.807) is 0 Å². The highest BCUT2D eigenvalue weighted by molar-refractivity contribution is 5.82. The molecule has 4 nitrogen and oxygen atoms in total. The lowest BCUT2D eigenvalue weighted by Crippen LogP contribution is -2.50. The molecular formula is C10H20N2O2. The number of carbonyl (C=O) groups excluding carboxylic acids is 1. The van der Waals surface area contributed by atoms with E-state index in [0.29, 0.717) is 6.54 Å². The molecule has 0 saturated carbocycles. The Balaban J connectivity index is 2.53.